The Morgan fingerprint density at radius 1 is 1.12 bits per heavy atom. The fraction of sp³-hybridized carbons (Fsp3) is 0.231. The van der Waals surface area contributed by atoms with E-state index in [1.54, 1.807) is 36.3 Å². The van der Waals surface area contributed by atoms with Crippen LogP contribution >= 0.6 is 0 Å². The number of halogens is 1. The SMILES string of the molecule is COc1ccccc1NC(=O)N(Cc1ccc(F)cc1)C[C@H]1CC(c2ccc(C)cc2)=NO1. The number of para-hydroxylation sites is 2. The molecule has 6 nitrogen and oxygen atoms in total. The van der Waals surface area contributed by atoms with Gasteiger partial charge < -0.3 is 19.8 Å². The first-order valence-electron chi connectivity index (χ1n) is 10.7. The van der Waals surface area contributed by atoms with E-state index in [2.05, 4.69) is 10.5 Å². The van der Waals surface area contributed by atoms with Gasteiger partial charge in [0, 0.05) is 13.0 Å². The van der Waals surface area contributed by atoms with Crippen molar-refractivity contribution in [3.63, 3.8) is 0 Å². The molecule has 1 heterocycles. The molecular weight excluding hydrogens is 421 g/mol. The van der Waals surface area contributed by atoms with Gasteiger partial charge in [-0.1, -0.05) is 59.3 Å². The van der Waals surface area contributed by atoms with Crippen LogP contribution in [-0.2, 0) is 11.4 Å². The van der Waals surface area contributed by atoms with E-state index in [0.717, 1.165) is 16.8 Å². The summed E-state index contributed by atoms with van der Waals surface area (Å²) in [6.07, 6.45) is 0.301. The number of hydrogen-bond donors (Lipinski definition) is 1. The van der Waals surface area contributed by atoms with Crippen molar-refractivity contribution in [3.05, 3.63) is 95.3 Å². The molecule has 0 fully saturated rings. The van der Waals surface area contributed by atoms with Crippen molar-refractivity contribution in [2.45, 2.75) is 26.0 Å². The number of benzene rings is 3. The van der Waals surface area contributed by atoms with Crippen molar-refractivity contribution in [2.75, 3.05) is 19.0 Å². The lowest BCUT2D eigenvalue weighted by Gasteiger charge is -2.25. The minimum absolute atomic E-state index is 0.287. The van der Waals surface area contributed by atoms with Gasteiger partial charge in [0.25, 0.3) is 0 Å². The number of rotatable bonds is 7. The summed E-state index contributed by atoms with van der Waals surface area (Å²) in [5.74, 6) is 0.244. The highest BCUT2D eigenvalue weighted by Crippen LogP contribution is 2.24. The molecule has 0 unspecified atom stereocenters. The third-order valence-electron chi connectivity index (χ3n) is 5.46. The summed E-state index contributed by atoms with van der Waals surface area (Å²) in [4.78, 5) is 20.5. The summed E-state index contributed by atoms with van der Waals surface area (Å²) >= 11 is 0. The van der Waals surface area contributed by atoms with Crippen molar-refractivity contribution in [3.8, 4) is 5.75 Å². The maximum absolute atomic E-state index is 13.4. The molecule has 1 atom stereocenters. The highest BCUT2D eigenvalue weighted by Gasteiger charge is 2.27. The van der Waals surface area contributed by atoms with E-state index in [1.807, 2.05) is 43.3 Å². The number of urea groups is 1. The third-order valence-corrected chi connectivity index (χ3v) is 5.46. The molecule has 0 bridgehead atoms. The van der Waals surface area contributed by atoms with Gasteiger partial charge in [0.2, 0.25) is 0 Å². The summed E-state index contributed by atoms with van der Waals surface area (Å²) in [6, 6.07) is 21.1. The van der Waals surface area contributed by atoms with E-state index in [4.69, 9.17) is 9.57 Å². The number of nitrogens with one attached hydrogen (secondary N) is 1. The molecule has 1 aliphatic heterocycles. The van der Waals surface area contributed by atoms with Gasteiger partial charge in [-0.3, -0.25) is 0 Å². The lowest BCUT2D eigenvalue weighted by molar-refractivity contribution is 0.0608. The van der Waals surface area contributed by atoms with Gasteiger partial charge in [0.1, 0.15) is 11.6 Å². The number of amides is 2. The van der Waals surface area contributed by atoms with Gasteiger partial charge in [-0.15, -0.1) is 0 Å². The lowest BCUT2D eigenvalue weighted by atomic mass is 10.0. The van der Waals surface area contributed by atoms with Crippen LogP contribution < -0.4 is 10.1 Å². The minimum Gasteiger partial charge on any atom is -0.495 e. The topological polar surface area (TPSA) is 63.2 Å². The molecular formula is C26H26FN3O3. The molecule has 0 aliphatic carbocycles. The van der Waals surface area contributed by atoms with Crippen LogP contribution in [0.15, 0.2) is 78.0 Å². The number of nitrogens with zero attached hydrogens (tertiary/aromatic N) is 2. The number of ether oxygens (including phenoxy) is 1. The Balaban J connectivity index is 1.48. The number of anilines is 1. The second-order valence-corrected chi connectivity index (χ2v) is 7.97. The van der Waals surface area contributed by atoms with Crippen molar-refractivity contribution in [1.29, 1.82) is 0 Å². The first-order valence-corrected chi connectivity index (χ1v) is 10.7. The predicted octanol–water partition coefficient (Wildman–Crippen LogP) is 5.37. The number of aryl methyl sites for hydroxylation is 1. The summed E-state index contributed by atoms with van der Waals surface area (Å²) < 4.78 is 18.7. The first kappa shape index (κ1) is 22.3. The highest BCUT2D eigenvalue weighted by molar-refractivity contribution is 6.01. The normalized spacial score (nSPS) is 14.9. The van der Waals surface area contributed by atoms with Crippen LogP contribution in [0.25, 0.3) is 0 Å². The van der Waals surface area contributed by atoms with Gasteiger partial charge in [0.05, 0.1) is 25.1 Å². The fourth-order valence-electron chi connectivity index (χ4n) is 3.66. The maximum Gasteiger partial charge on any atom is 0.322 e. The Hall–Kier alpha value is -3.87. The molecule has 0 spiro atoms. The molecule has 1 N–H and O–H groups in total. The average molecular weight is 448 g/mol. The quantitative estimate of drug-likeness (QED) is 0.530. The second-order valence-electron chi connectivity index (χ2n) is 7.97. The van der Waals surface area contributed by atoms with E-state index in [0.29, 0.717) is 30.9 Å². The zero-order valence-electron chi connectivity index (χ0n) is 18.6. The molecule has 3 aromatic rings. The molecule has 4 rings (SSSR count). The molecule has 3 aromatic carbocycles. The fourth-order valence-corrected chi connectivity index (χ4v) is 3.66. The largest absolute Gasteiger partial charge is 0.495 e. The monoisotopic (exact) mass is 447 g/mol. The van der Waals surface area contributed by atoms with Crippen molar-refractivity contribution < 1.29 is 18.8 Å². The average Bonchev–Trinajstić information content (AvgIpc) is 3.29. The van der Waals surface area contributed by atoms with Crippen LogP contribution in [0.3, 0.4) is 0 Å². The number of carbonyl (C=O) groups is 1. The van der Waals surface area contributed by atoms with Crippen LogP contribution in [0.5, 0.6) is 5.75 Å². The maximum atomic E-state index is 13.4. The molecule has 1 aliphatic rings. The zero-order valence-corrected chi connectivity index (χ0v) is 18.6. The van der Waals surface area contributed by atoms with Crippen LogP contribution in [-0.4, -0.2) is 36.4 Å². The Morgan fingerprint density at radius 2 is 1.85 bits per heavy atom. The number of hydrogen-bond acceptors (Lipinski definition) is 4. The predicted molar refractivity (Wildman–Crippen MR) is 126 cm³/mol. The van der Waals surface area contributed by atoms with Gasteiger partial charge in [-0.05, 0) is 42.3 Å². The molecule has 33 heavy (non-hydrogen) atoms. The van der Waals surface area contributed by atoms with Crippen LogP contribution in [0.1, 0.15) is 23.1 Å². The third kappa shape index (κ3) is 5.68. The van der Waals surface area contributed by atoms with E-state index in [-0.39, 0.29) is 18.0 Å². The van der Waals surface area contributed by atoms with Crippen molar-refractivity contribution in [2.24, 2.45) is 5.16 Å². The van der Waals surface area contributed by atoms with Gasteiger partial charge >= 0.3 is 6.03 Å². The van der Waals surface area contributed by atoms with Crippen molar-refractivity contribution in [1.82, 2.24) is 4.90 Å². The molecule has 0 saturated heterocycles. The Labute approximate surface area is 192 Å². The first-order chi connectivity index (χ1) is 16.0. The minimum atomic E-state index is -0.320. The number of carbonyl (C=O) groups excluding carboxylic acids is 1. The molecule has 0 saturated carbocycles. The Bertz CT molecular complexity index is 1130. The summed E-state index contributed by atoms with van der Waals surface area (Å²) in [6.45, 7) is 2.64. The smallest absolute Gasteiger partial charge is 0.322 e. The zero-order chi connectivity index (χ0) is 23.2. The van der Waals surface area contributed by atoms with E-state index < -0.39 is 0 Å². The molecule has 7 heteroatoms. The Kier molecular flexibility index (Phi) is 6.88. The van der Waals surface area contributed by atoms with E-state index in [9.17, 15) is 9.18 Å². The summed E-state index contributed by atoms with van der Waals surface area (Å²) in [7, 11) is 1.55. The van der Waals surface area contributed by atoms with E-state index in [1.165, 1.54) is 17.7 Å². The summed E-state index contributed by atoms with van der Waals surface area (Å²) in [5.41, 5.74) is 4.41. The summed E-state index contributed by atoms with van der Waals surface area (Å²) in [5, 5.41) is 7.16. The Morgan fingerprint density at radius 3 is 2.58 bits per heavy atom. The molecule has 2 amide bonds. The number of oxime groups is 1. The molecule has 170 valence electrons. The lowest BCUT2D eigenvalue weighted by Crippen LogP contribution is -2.40. The molecule has 0 radical (unpaired) electrons. The van der Waals surface area contributed by atoms with Gasteiger partial charge in [-0.25, -0.2) is 9.18 Å². The van der Waals surface area contributed by atoms with Gasteiger partial charge in [-0.2, -0.15) is 0 Å². The van der Waals surface area contributed by atoms with E-state index >= 15 is 0 Å². The van der Waals surface area contributed by atoms with Crippen LogP contribution in [0.2, 0.25) is 0 Å². The second kappa shape index (κ2) is 10.2. The van der Waals surface area contributed by atoms with Crippen LogP contribution in [0.4, 0.5) is 14.9 Å². The molecule has 0 aromatic heterocycles. The van der Waals surface area contributed by atoms with Crippen molar-refractivity contribution >= 4 is 17.4 Å². The van der Waals surface area contributed by atoms with Crippen LogP contribution in [0, 0.1) is 12.7 Å². The van der Waals surface area contributed by atoms with Gasteiger partial charge in [0.15, 0.2) is 6.10 Å². The number of methoxy groups -OCH3 is 1. The standard InChI is InChI=1S/C26H26FN3O3/c1-18-7-11-20(12-8-18)24-15-22(33-29-24)17-30(16-19-9-13-21(27)14-10-19)26(31)28-23-5-3-4-6-25(23)32-2/h3-14,22H,15-17H2,1-2H3,(H,28,31)/t22-/m1/s1. The highest BCUT2D eigenvalue weighted by atomic mass is 19.1.